The van der Waals surface area contributed by atoms with E-state index >= 15 is 0 Å². The molecule has 1 aliphatic carbocycles. The fraction of sp³-hybridized carbons (Fsp3) is 0.500. The third kappa shape index (κ3) is 1.79. The molecule has 17 heavy (non-hydrogen) atoms. The van der Waals surface area contributed by atoms with Crippen molar-refractivity contribution in [2.75, 3.05) is 11.4 Å². The average Bonchev–Trinajstić information content (AvgIpc) is 2.34. The Kier molecular flexibility index (Phi) is 2.53. The van der Waals surface area contributed by atoms with Gasteiger partial charge in [0.15, 0.2) is 5.69 Å². The molecule has 0 radical (unpaired) electrons. The summed E-state index contributed by atoms with van der Waals surface area (Å²) in [4.78, 5) is 5.89. The van der Waals surface area contributed by atoms with E-state index in [9.17, 15) is 5.11 Å². The Balaban J connectivity index is 1.92. The molecule has 0 bridgehead atoms. The lowest BCUT2D eigenvalue weighted by atomic mass is 9.86. The van der Waals surface area contributed by atoms with Gasteiger partial charge in [0, 0.05) is 18.3 Å². The number of nitrogens with zero attached hydrogens (tertiary/aromatic N) is 2. The van der Waals surface area contributed by atoms with E-state index in [1.807, 2.05) is 12.1 Å². The van der Waals surface area contributed by atoms with Crippen molar-refractivity contribution in [3.05, 3.63) is 35.2 Å². The first-order valence-corrected chi connectivity index (χ1v) is 6.23. The van der Waals surface area contributed by atoms with Crippen molar-refractivity contribution in [2.24, 2.45) is 0 Å². The molecule has 1 saturated carbocycles. The number of aryl methyl sites for hydroxylation is 1. The molecule has 3 rings (SSSR count). The van der Waals surface area contributed by atoms with Crippen molar-refractivity contribution in [3.8, 4) is 0 Å². The highest BCUT2D eigenvalue weighted by Gasteiger charge is 2.34. The average molecular weight is 228 g/mol. The van der Waals surface area contributed by atoms with E-state index in [2.05, 4.69) is 15.8 Å². The molecule has 0 amide bonds. The van der Waals surface area contributed by atoms with Crippen LogP contribution in [0.2, 0.25) is 0 Å². The predicted molar refractivity (Wildman–Crippen MR) is 67.4 cm³/mol. The molecule has 3 nitrogen and oxygen atoms in total. The normalized spacial score (nSPS) is 26.9. The van der Waals surface area contributed by atoms with Crippen molar-refractivity contribution in [1.29, 1.82) is 0 Å². The van der Waals surface area contributed by atoms with Crippen molar-refractivity contribution in [3.63, 3.8) is 0 Å². The largest absolute Gasteiger partial charge is 0.393 e. The van der Waals surface area contributed by atoms with Crippen LogP contribution >= 0.6 is 0 Å². The number of benzene rings is 1. The molecule has 3 heteroatoms. The Morgan fingerprint density at radius 1 is 1.35 bits per heavy atom. The van der Waals surface area contributed by atoms with E-state index in [4.69, 9.17) is 6.57 Å². The van der Waals surface area contributed by atoms with Gasteiger partial charge in [0.25, 0.3) is 0 Å². The third-order valence-corrected chi connectivity index (χ3v) is 3.88. The van der Waals surface area contributed by atoms with Crippen LogP contribution in [0.1, 0.15) is 24.8 Å². The summed E-state index contributed by atoms with van der Waals surface area (Å²) in [5, 5.41) is 9.42. The van der Waals surface area contributed by atoms with Crippen LogP contribution in [-0.2, 0) is 6.42 Å². The maximum Gasteiger partial charge on any atom is 0.189 e. The van der Waals surface area contributed by atoms with Crippen LogP contribution in [0.25, 0.3) is 4.85 Å². The van der Waals surface area contributed by atoms with Crippen LogP contribution in [0.4, 0.5) is 11.4 Å². The van der Waals surface area contributed by atoms with Gasteiger partial charge in [-0.15, -0.1) is 0 Å². The van der Waals surface area contributed by atoms with E-state index < -0.39 is 0 Å². The summed E-state index contributed by atoms with van der Waals surface area (Å²) >= 11 is 0. The summed E-state index contributed by atoms with van der Waals surface area (Å²) in [6.45, 7) is 8.15. The number of aliphatic hydroxyl groups excluding tert-OH is 1. The molecular formula is C14H16N2O. The molecule has 1 fully saturated rings. The topological polar surface area (TPSA) is 27.8 Å². The van der Waals surface area contributed by atoms with Crippen LogP contribution in [0.3, 0.4) is 0 Å². The minimum atomic E-state index is -0.116. The lowest BCUT2D eigenvalue weighted by Gasteiger charge is -2.45. The van der Waals surface area contributed by atoms with E-state index in [1.165, 1.54) is 17.7 Å². The zero-order valence-electron chi connectivity index (χ0n) is 9.76. The van der Waals surface area contributed by atoms with Crippen LogP contribution in [0, 0.1) is 6.57 Å². The minimum Gasteiger partial charge on any atom is -0.393 e. The van der Waals surface area contributed by atoms with Gasteiger partial charge in [0.1, 0.15) is 0 Å². The van der Waals surface area contributed by atoms with Crippen LogP contribution in [0.15, 0.2) is 18.2 Å². The predicted octanol–water partition coefficient (Wildman–Crippen LogP) is 2.51. The Hall–Kier alpha value is -1.53. The second kappa shape index (κ2) is 4.05. The van der Waals surface area contributed by atoms with Crippen molar-refractivity contribution >= 4 is 11.4 Å². The van der Waals surface area contributed by atoms with Crippen molar-refractivity contribution in [2.45, 2.75) is 37.8 Å². The van der Waals surface area contributed by atoms with Crippen molar-refractivity contribution < 1.29 is 5.11 Å². The molecular weight excluding hydrogens is 212 g/mol. The highest BCUT2D eigenvalue weighted by atomic mass is 16.3. The first-order valence-electron chi connectivity index (χ1n) is 6.23. The quantitative estimate of drug-likeness (QED) is 0.748. The van der Waals surface area contributed by atoms with E-state index in [-0.39, 0.29) is 6.10 Å². The van der Waals surface area contributed by atoms with Gasteiger partial charge >= 0.3 is 0 Å². The fourth-order valence-electron chi connectivity index (χ4n) is 2.85. The first-order chi connectivity index (χ1) is 8.28. The lowest BCUT2D eigenvalue weighted by molar-refractivity contribution is 0.0728. The molecule has 0 unspecified atom stereocenters. The second-order valence-corrected chi connectivity index (χ2v) is 5.00. The molecule has 1 aromatic rings. The maximum absolute atomic E-state index is 9.42. The molecule has 1 aliphatic heterocycles. The summed E-state index contributed by atoms with van der Waals surface area (Å²) in [6.07, 6.45) is 3.93. The standard InChI is InChI=1S/C14H16N2O/c1-15-11-5-4-10-3-2-6-16(14(10)7-11)12-8-13(17)9-12/h4-5,7,12-13,17H,2-3,6,8-9H2. The summed E-state index contributed by atoms with van der Waals surface area (Å²) in [7, 11) is 0. The Bertz CT molecular complexity index is 472. The van der Waals surface area contributed by atoms with Gasteiger partial charge in [-0.1, -0.05) is 12.1 Å². The smallest absolute Gasteiger partial charge is 0.189 e. The molecule has 0 atom stereocenters. The third-order valence-electron chi connectivity index (χ3n) is 3.88. The van der Waals surface area contributed by atoms with Crippen LogP contribution < -0.4 is 4.90 Å². The summed E-state index contributed by atoms with van der Waals surface area (Å²) in [5.41, 5.74) is 3.29. The number of aliphatic hydroxyl groups is 1. The lowest BCUT2D eigenvalue weighted by Crippen LogP contribution is -2.49. The fourth-order valence-corrected chi connectivity index (χ4v) is 2.85. The van der Waals surface area contributed by atoms with E-state index in [1.54, 1.807) is 0 Å². The van der Waals surface area contributed by atoms with Gasteiger partial charge in [-0.3, -0.25) is 0 Å². The molecule has 2 aliphatic rings. The van der Waals surface area contributed by atoms with E-state index in [0.29, 0.717) is 6.04 Å². The molecule has 1 N–H and O–H groups in total. The van der Waals surface area contributed by atoms with Gasteiger partial charge in [0.2, 0.25) is 0 Å². The molecule has 1 aromatic carbocycles. The second-order valence-electron chi connectivity index (χ2n) is 5.00. The Morgan fingerprint density at radius 3 is 2.88 bits per heavy atom. The SMILES string of the molecule is [C-]#[N+]c1ccc2c(c1)N(C1CC(O)C1)CCC2. The number of hydrogen-bond donors (Lipinski definition) is 1. The van der Waals surface area contributed by atoms with Gasteiger partial charge in [-0.25, -0.2) is 4.85 Å². The Morgan fingerprint density at radius 2 is 2.18 bits per heavy atom. The first kappa shape index (κ1) is 10.6. The number of rotatable bonds is 1. The van der Waals surface area contributed by atoms with Gasteiger partial charge in [-0.05, 0) is 37.3 Å². The Labute approximate surface area is 101 Å². The van der Waals surface area contributed by atoms with Gasteiger partial charge < -0.3 is 10.0 Å². The maximum atomic E-state index is 9.42. The molecule has 0 aromatic heterocycles. The summed E-state index contributed by atoms with van der Waals surface area (Å²) < 4.78 is 0. The summed E-state index contributed by atoms with van der Waals surface area (Å²) in [5.74, 6) is 0. The zero-order chi connectivity index (χ0) is 11.8. The molecule has 0 spiro atoms. The monoisotopic (exact) mass is 228 g/mol. The van der Waals surface area contributed by atoms with E-state index in [0.717, 1.165) is 31.5 Å². The molecule has 1 heterocycles. The number of fused-ring (bicyclic) bond motifs is 1. The van der Waals surface area contributed by atoms with Crippen molar-refractivity contribution in [1.82, 2.24) is 0 Å². The highest BCUT2D eigenvalue weighted by Crippen LogP contribution is 2.37. The minimum absolute atomic E-state index is 0.116. The molecule has 0 saturated heterocycles. The zero-order valence-corrected chi connectivity index (χ0v) is 9.76. The van der Waals surface area contributed by atoms with Gasteiger partial charge in [0.05, 0.1) is 12.7 Å². The highest BCUT2D eigenvalue weighted by molar-refractivity contribution is 5.65. The van der Waals surface area contributed by atoms with Crippen LogP contribution in [-0.4, -0.2) is 23.8 Å². The molecule has 88 valence electrons. The van der Waals surface area contributed by atoms with Crippen LogP contribution in [0.5, 0.6) is 0 Å². The van der Waals surface area contributed by atoms with Gasteiger partial charge in [-0.2, -0.15) is 0 Å². The summed E-state index contributed by atoms with van der Waals surface area (Å²) in [6, 6.07) is 6.48. The number of anilines is 1. The number of hydrogen-bond acceptors (Lipinski definition) is 2.